The molecule has 0 aliphatic carbocycles. The van der Waals surface area contributed by atoms with Crippen molar-refractivity contribution >= 4 is 36.1 Å². The van der Waals surface area contributed by atoms with Crippen LogP contribution in [0.2, 0.25) is 5.02 Å². The molecule has 0 bridgehead atoms. The van der Waals surface area contributed by atoms with Gasteiger partial charge in [-0.3, -0.25) is 0 Å². The zero-order valence-electron chi connectivity index (χ0n) is 6.07. The fraction of sp³-hybridized carbons (Fsp3) is 0. The summed E-state index contributed by atoms with van der Waals surface area (Å²) in [4.78, 5) is 10.7. The number of primary amides is 1. The summed E-state index contributed by atoms with van der Waals surface area (Å²) >= 11 is 9.62. The van der Waals surface area contributed by atoms with Gasteiger partial charge in [-0.05, 0) is 12.1 Å². The van der Waals surface area contributed by atoms with E-state index < -0.39 is 6.03 Å². The number of halogens is 1. The maximum absolute atomic E-state index is 10.7. The lowest BCUT2D eigenvalue weighted by molar-refractivity contribution is 0.257. The van der Waals surface area contributed by atoms with Gasteiger partial charge in [-0.25, -0.2) is 9.10 Å². The van der Waals surface area contributed by atoms with Crippen LogP contribution >= 0.6 is 24.4 Å². The molecule has 2 amide bonds. The van der Waals surface area contributed by atoms with Gasteiger partial charge < -0.3 is 5.73 Å². The molecule has 1 rings (SSSR count). The van der Waals surface area contributed by atoms with E-state index in [1.165, 1.54) is 0 Å². The molecule has 0 heterocycles. The van der Waals surface area contributed by atoms with Gasteiger partial charge in [0, 0.05) is 0 Å². The third-order valence-corrected chi connectivity index (χ3v) is 2.02. The molecule has 0 aromatic heterocycles. The van der Waals surface area contributed by atoms with Crippen LogP contribution in [0.5, 0.6) is 0 Å². The van der Waals surface area contributed by atoms with E-state index in [1.807, 2.05) is 0 Å². The van der Waals surface area contributed by atoms with Gasteiger partial charge in [-0.2, -0.15) is 0 Å². The third kappa shape index (κ3) is 1.84. The second-order valence-electron chi connectivity index (χ2n) is 2.10. The summed E-state index contributed by atoms with van der Waals surface area (Å²) < 4.78 is 0.988. The summed E-state index contributed by atoms with van der Waals surface area (Å²) in [5.41, 5.74) is 5.47. The minimum Gasteiger partial charge on any atom is -0.350 e. The Morgan fingerprint density at radius 3 is 2.58 bits per heavy atom. The highest BCUT2D eigenvalue weighted by atomic mass is 35.5. The molecule has 0 fully saturated rings. The molecule has 0 radical (unpaired) electrons. The highest BCUT2D eigenvalue weighted by molar-refractivity contribution is 7.82. The Balaban J connectivity index is 3.02. The normalized spacial score (nSPS) is 9.50. The van der Waals surface area contributed by atoms with Gasteiger partial charge in [0.1, 0.15) is 0 Å². The Labute approximate surface area is 80.7 Å². The number of anilines is 1. The molecule has 0 spiro atoms. The topological polar surface area (TPSA) is 46.3 Å². The fourth-order valence-corrected chi connectivity index (χ4v) is 1.20. The molecule has 0 aliphatic heterocycles. The molecular formula is C7H7ClN2OS. The Bertz CT molecular complexity index is 305. The maximum atomic E-state index is 10.7. The minimum atomic E-state index is -0.661. The number of hydrogen-bond donors (Lipinski definition) is 2. The van der Waals surface area contributed by atoms with Crippen LogP contribution in [-0.4, -0.2) is 6.03 Å². The summed E-state index contributed by atoms with van der Waals surface area (Å²) in [6, 6.07) is 6.15. The van der Waals surface area contributed by atoms with Gasteiger partial charge in [0.15, 0.2) is 0 Å². The molecule has 64 valence electrons. The lowest BCUT2D eigenvalue weighted by Crippen LogP contribution is -2.27. The Kier molecular flexibility index (Phi) is 2.83. The predicted octanol–water partition coefficient (Wildman–Crippen LogP) is 2.07. The van der Waals surface area contributed by atoms with Gasteiger partial charge >= 0.3 is 6.03 Å². The maximum Gasteiger partial charge on any atom is 0.329 e. The smallest absolute Gasteiger partial charge is 0.329 e. The molecule has 0 saturated heterocycles. The van der Waals surface area contributed by atoms with Crippen LogP contribution in [0.1, 0.15) is 0 Å². The summed E-state index contributed by atoms with van der Waals surface area (Å²) in [6.07, 6.45) is 0. The molecule has 1 aromatic carbocycles. The van der Waals surface area contributed by atoms with E-state index in [0.717, 1.165) is 4.31 Å². The van der Waals surface area contributed by atoms with E-state index in [4.69, 9.17) is 17.3 Å². The van der Waals surface area contributed by atoms with Crippen LogP contribution in [-0.2, 0) is 0 Å². The monoisotopic (exact) mass is 202 g/mol. The molecule has 12 heavy (non-hydrogen) atoms. The van der Waals surface area contributed by atoms with E-state index in [1.54, 1.807) is 24.3 Å². The fourth-order valence-electron chi connectivity index (χ4n) is 0.742. The molecule has 5 heteroatoms. The Morgan fingerprint density at radius 2 is 2.08 bits per heavy atom. The Hall–Kier alpha value is -0.870. The summed E-state index contributed by atoms with van der Waals surface area (Å²) in [6.45, 7) is 0. The SMILES string of the molecule is NC(=O)N(S)c1ccccc1Cl. The number of amides is 2. The van der Waals surface area contributed by atoms with Crippen molar-refractivity contribution in [1.82, 2.24) is 0 Å². The second kappa shape index (κ2) is 3.69. The van der Waals surface area contributed by atoms with Crippen LogP contribution < -0.4 is 10.0 Å². The molecule has 1 aromatic rings. The number of nitrogens with two attached hydrogens (primary N) is 1. The van der Waals surface area contributed by atoms with Gasteiger partial charge in [-0.1, -0.05) is 36.5 Å². The van der Waals surface area contributed by atoms with Crippen LogP contribution in [0.25, 0.3) is 0 Å². The number of thiol groups is 1. The molecule has 0 saturated carbocycles. The minimum absolute atomic E-state index is 0.436. The first kappa shape index (κ1) is 9.22. The summed E-state index contributed by atoms with van der Waals surface area (Å²) in [7, 11) is 0. The zero-order valence-corrected chi connectivity index (χ0v) is 7.72. The van der Waals surface area contributed by atoms with E-state index in [2.05, 4.69) is 12.8 Å². The standard InChI is InChI=1S/C7H7ClN2OS/c8-5-3-1-2-4-6(5)10(12)7(9)11/h1-4,12H,(H2,9,11). The van der Waals surface area contributed by atoms with Crippen LogP contribution in [0.15, 0.2) is 24.3 Å². The number of hydrogen-bond acceptors (Lipinski definition) is 2. The van der Waals surface area contributed by atoms with E-state index in [0.29, 0.717) is 10.7 Å². The van der Waals surface area contributed by atoms with Crippen molar-refractivity contribution in [3.05, 3.63) is 29.3 Å². The van der Waals surface area contributed by atoms with Crippen molar-refractivity contribution in [2.45, 2.75) is 0 Å². The van der Waals surface area contributed by atoms with Crippen molar-refractivity contribution < 1.29 is 4.79 Å². The lowest BCUT2D eigenvalue weighted by Gasteiger charge is -2.13. The molecular weight excluding hydrogens is 196 g/mol. The van der Waals surface area contributed by atoms with Crippen molar-refractivity contribution in [3.63, 3.8) is 0 Å². The average molecular weight is 203 g/mol. The number of carbonyl (C=O) groups excluding carboxylic acids is 1. The van der Waals surface area contributed by atoms with Gasteiger partial charge in [0.05, 0.1) is 10.7 Å². The van der Waals surface area contributed by atoms with Crippen LogP contribution in [0.3, 0.4) is 0 Å². The highest BCUT2D eigenvalue weighted by Gasteiger charge is 2.09. The zero-order chi connectivity index (χ0) is 9.14. The second-order valence-corrected chi connectivity index (χ2v) is 2.91. The molecule has 0 unspecified atom stereocenters. The van der Waals surface area contributed by atoms with E-state index >= 15 is 0 Å². The number of para-hydroxylation sites is 1. The van der Waals surface area contributed by atoms with Gasteiger partial charge in [0.2, 0.25) is 0 Å². The first-order valence-electron chi connectivity index (χ1n) is 3.16. The molecule has 0 atom stereocenters. The number of benzene rings is 1. The van der Waals surface area contributed by atoms with Crippen molar-refractivity contribution in [3.8, 4) is 0 Å². The number of nitrogens with zero attached hydrogens (tertiary/aromatic N) is 1. The quantitative estimate of drug-likeness (QED) is 0.673. The third-order valence-electron chi connectivity index (χ3n) is 1.29. The predicted molar refractivity (Wildman–Crippen MR) is 52.5 cm³/mol. The van der Waals surface area contributed by atoms with Crippen molar-refractivity contribution in [2.75, 3.05) is 4.31 Å². The van der Waals surface area contributed by atoms with Crippen molar-refractivity contribution in [2.24, 2.45) is 5.73 Å². The largest absolute Gasteiger partial charge is 0.350 e. The number of carbonyl (C=O) groups is 1. The summed E-state index contributed by atoms with van der Waals surface area (Å²) in [5, 5.41) is 0.436. The van der Waals surface area contributed by atoms with Gasteiger partial charge in [0.25, 0.3) is 0 Å². The van der Waals surface area contributed by atoms with E-state index in [9.17, 15) is 4.79 Å². The molecule has 2 N–H and O–H groups in total. The first-order valence-corrected chi connectivity index (χ1v) is 3.93. The summed E-state index contributed by atoms with van der Waals surface area (Å²) in [5.74, 6) is 0. The van der Waals surface area contributed by atoms with Crippen molar-refractivity contribution in [1.29, 1.82) is 0 Å². The number of urea groups is 1. The van der Waals surface area contributed by atoms with Crippen LogP contribution in [0, 0.1) is 0 Å². The Morgan fingerprint density at radius 1 is 1.50 bits per heavy atom. The lowest BCUT2D eigenvalue weighted by atomic mass is 10.3. The molecule has 0 aliphatic rings. The van der Waals surface area contributed by atoms with Crippen LogP contribution in [0.4, 0.5) is 10.5 Å². The average Bonchev–Trinajstić information content (AvgIpc) is 2.04. The molecule has 3 nitrogen and oxygen atoms in total. The van der Waals surface area contributed by atoms with Gasteiger partial charge in [-0.15, -0.1) is 0 Å². The number of rotatable bonds is 1. The first-order chi connectivity index (χ1) is 5.63. The van der Waals surface area contributed by atoms with E-state index in [-0.39, 0.29) is 0 Å². The highest BCUT2D eigenvalue weighted by Crippen LogP contribution is 2.25.